The number of rotatable bonds is 4. The van der Waals surface area contributed by atoms with Crippen molar-refractivity contribution in [3.05, 3.63) is 84.4 Å². The Balaban J connectivity index is 1.52. The SMILES string of the molecule is O=C(Nc1ccc(Nc2cccc3nc(C(F)(F)F)cn23)cc1)c1cccnc1. The second-order valence-corrected chi connectivity index (χ2v) is 6.16. The molecule has 1 aromatic carbocycles. The standard InChI is InChI=1S/C20H14F3N5O/c21-20(22,23)16-12-28-17(4-1-5-18(28)27-16)25-14-6-8-15(9-7-14)26-19(29)13-3-2-10-24-11-13/h1-12,25H,(H,26,29). The number of alkyl halides is 3. The summed E-state index contributed by atoms with van der Waals surface area (Å²) in [7, 11) is 0. The van der Waals surface area contributed by atoms with E-state index in [1.807, 2.05) is 0 Å². The second-order valence-electron chi connectivity index (χ2n) is 6.16. The number of nitrogens with zero attached hydrogens (tertiary/aromatic N) is 3. The second kappa shape index (κ2) is 7.27. The van der Waals surface area contributed by atoms with Crippen molar-refractivity contribution in [3.8, 4) is 0 Å². The lowest BCUT2D eigenvalue weighted by molar-refractivity contribution is -0.140. The molecular formula is C20H14F3N5O. The van der Waals surface area contributed by atoms with E-state index in [-0.39, 0.29) is 11.6 Å². The fraction of sp³-hybridized carbons (Fsp3) is 0.0500. The van der Waals surface area contributed by atoms with Gasteiger partial charge in [0.1, 0.15) is 11.5 Å². The van der Waals surface area contributed by atoms with Crippen molar-refractivity contribution in [2.75, 3.05) is 10.6 Å². The lowest BCUT2D eigenvalue weighted by atomic mass is 10.2. The van der Waals surface area contributed by atoms with E-state index in [1.54, 1.807) is 54.7 Å². The molecule has 1 amide bonds. The highest BCUT2D eigenvalue weighted by Crippen LogP contribution is 2.30. The van der Waals surface area contributed by atoms with Gasteiger partial charge in [-0.05, 0) is 48.5 Å². The van der Waals surface area contributed by atoms with Gasteiger partial charge in [0.25, 0.3) is 5.91 Å². The van der Waals surface area contributed by atoms with Crippen molar-refractivity contribution >= 4 is 28.7 Å². The first kappa shape index (κ1) is 18.5. The number of nitrogens with one attached hydrogen (secondary N) is 2. The van der Waals surface area contributed by atoms with Crippen molar-refractivity contribution in [1.29, 1.82) is 0 Å². The number of imidazole rings is 1. The smallest absolute Gasteiger partial charge is 0.341 e. The molecule has 0 spiro atoms. The summed E-state index contributed by atoms with van der Waals surface area (Å²) in [6.45, 7) is 0. The lowest BCUT2D eigenvalue weighted by Gasteiger charge is -2.10. The average molecular weight is 397 g/mol. The normalized spacial score (nSPS) is 11.4. The first-order chi connectivity index (χ1) is 13.9. The van der Waals surface area contributed by atoms with Crippen LogP contribution in [0.3, 0.4) is 0 Å². The van der Waals surface area contributed by atoms with Crippen LogP contribution in [0.4, 0.5) is 30.4 Å². The van der Waals surface area contributed by atoms with Crippen LogP contribution in [0.25, 0.3) is 5.65 Å². The maximum atomic E-state index is 12.9. The zero-order valence-electron chi connectivity index (χ0n) is 14.8. The van der Waals surface area contributed by atoms with Gasteiger partial charge in [-0.15, -0.1) is 0 Å². The topological polar surface area (TPSA) is 71.3 Å². The molecule has 0 saturated carbocycles. The van der Waals surface area contributed by atoms with E-state index in [4.69, 9.17) is 0 Å². The Morgan fingerprint density at radius 2 is 1.72 bits per heavy atom. The molecule has 4 rings (SSSR count). The van der Waals surface area contributed by atoms with E-state index in [0.29, 0.717) is 22.8 Å². The summed E-state index contributed by atoms with van der Waals surface area (Å²) < 4.78 is 40.1. The Labute approximate surface area is 163 Å². The van der Waals surface area contributed by atoms with E-state index in [9.17, 15) is 18.0 Å². The number of aromatic nitrogens is 3. The molecule has 4 aromatic rings. The Morgan fingerprint density at radius 3 is 2.41 bits per heavy atom. The van der Waals surface area contributed by atoms with Crippen LogP contribution in [-0.4, -0.2) is 20.3 Å². The third-order valence-electron chi connectivity index (χ3n) is 4.12. The number of halogens is 3. The lowest BCUT2D eigenvalue weighted by Crippen LogP contribution is -2.11. The summed E-state index contributed by atoms with van der Waals surface area (Å²) in [6, 6.07) is 14.9. The predicted octanol–water partition coefficient (Wildman–Crippen LogP) is 4.74. The van der Waals surface area contributed by atoms with Crippen LogP contribution in [0.5, 0.6) is 0 Å². The summed E-state index contributed by atoms with van der Waals surface area (Å²) in [4.78, 5) is 19.7. The Kier molecular flexibility index (Phi) is 4.63. The number of amides is 1. The minimum absolute atomic E-state index is 0.183. The van der Waals surface area contributed by atoms with Crippen LogP contribution in [0, 0.1) is 0 Å². The highest BCUT2D eigenvalue weighted by molar-refractivity contribution is 6.04. The molecule has 0 aliphatic carbocycles. The largest absolute Gasteiger partial charge is 0.434 e. The van der Waals surface area contributed by atoms with Crippen LogP contribution in [0.1, 0.15) is 16.1 Å². The Hall–Kier alpha value is -3.88. The monoisotopic (exact) mass is 397 g/mol. The summed E-state index contributed by atoms with van der Waals surface area (Å²) in [5.41, 5.74) is 0.869. The summed E-state index contributed by atoms with van der Waals surface area (Å²) >= 11 is 0. The summed E-state index contributed by atoms with van der Waals surface area (Å²) in [6.07, 6.45) is -0.528. The van der Waals surface area contributed by atoms with Gasteiger partial charge in [-0.1, -0.05) is 6.07 Å². The molecule has 0 radical (unpaired) electrons. The number of anilines is 3. The average Bonchev–Trinajstić information content (AvgIpc) is 3.16. The minimum Gasteiger partial charge on any atom is -0.341 e. The fourth-order valence-corrected chi connectivity index (χ4v) is 2.73. The highest BCUT2D eigenvalue weighted by atomic mass is 19.4. The van der Waals surface area contributed by atoms with Crippen LogP contribution >= 0.6 is 0 Å². The molecule has 3 aromatic heterocycles. The molecule has 0 aliphatic heterocycles. The molecule has 29 heavy (non-hydrogen) atoms. The first-order valence-electron chi connectivity index (χ1n) is 8.54. The number of hydrogen-bond donors (Lipinski definition) is 2. The minimum atomic E-state index is -4.52. The van der Waals surface area contributed by atoms with Crippen molar-refractivity contribution in [2.24, 2.45) is 0 Å². The van der Waals surface area contributed by atoms with Crippen LogP contribution in [0.2, 0.25) is 0 Å². The molecule has 0 saturated heterocycles. The van der Waals surface area contributed by atoms with Gasteiger partial charge in [-0.3, -0.25) is 14.2 Å². The van der Waals surface area contributed by atoms with Crippen molar-refractivity contribution in [3.63, 3.8) is 0 Å². The third kappa shape index (κ3) is 4.03. The number of pyridine rings is 2. The molecule has 0 atom stereocenters. The van der Waals surface area contributed by atoms with E-state index < -0.39 is 11.9 Å². The molecule has 0 unspecified atom stereocenters. The summed E-state index contributed by atoms with van der Waals surface area (Å²) in [5.74, 6) is 0.138. The molecule has 0 aliphatic rings. The summed E-state index contributed by atoms with van der Waals surface area (Å²) in [5, 5.41) is 5.81. The van der Waals surface area contributed by atoms with Gasteiger partial charge >= 0.3 is 6.18 Å². The van der Waals surface area contributed by atoms with Gasteiger partial charge in [0.15, 0.2) is 5.69 Å². The molecule has 0 bridgehead atoms. The maximum absolute atomic E-state index is 12.9. The predicted molar refractivity (Wildman–Crippen MR) is 102 cm³/mol. The van der Waals surface area contributed by atoms with Crippen LogP contribution in [0.15, 0.2) is 73.2 Å². The molecule has 6 nitrogen and oxygen atoms in total. The molecule has 146 valence electrons. The van der Waals surface area contributed by atoms with Gasteiger partial charge in [0.2, 0.25) is 0 Å². The first-order valence-corrected chi connectivity index (χ1v) is 8.54. The van der Waals surface area contributed by atoms with E-state index >= 15 is 0 Å². The van der Waals surface area contributed by atoms with Gasteiger partial charge in [-0.2, -0.15) is 13.2 Å². The molecule has 3 heterocycles. The third-order valence-corrected chi connectivity index (χ3v) is 4.12. The van der Waals surface area contributed by atoms with Gasteiger partial charge in [-0.25, -0.2) is 4.98 Å². The van der Waals surface area contributed by atoms with E-state index in [0.717, 1.165) is 6.20 Å². The fourth-order valence-electron chi connectivity index (χ4n) is 2.73. The molecule has 9 heteroatoms. The Bertz CT molecular complexity index is 1150. The molecule has 0 fully saturated rings. The van der Waals surface area contributed by atoms with Crippen LogP contribution < -0.4 is 10.6 Å². The number of fused-ring (bicyclic) bond motifs is 1. The number of benzene rings is 1. The van der Waals surface area contributed by atoms with Gasteiger partial charge in [0.05, 0.1) is 5.56 Å². The van der Waals surface area contributed by atoms with E-state index in [2.05, 4.69) is 20.6 Å². The van der Waals surface area contributed by atoms with Crippen molar-refractivity contribution in [1.82, 2.24) is 14.4 Å². The van der Waals surface area contributed by atoms with E-state index in [1.165, 1.54) is 16.7 Å². The van der Waals surface area contributed by atoms with Crippen molar-refractivity contribution in [2.45, 2.75) is 6.18 Å². The molecule has 2 N–H and O–H groups in total. The quantitative estimate of drug-likeness (QED) is 0.522. The van der Waals surface area contributed by atoms with Gasteiger partial charge < -0.3 is 10.6 Å². The highest BCUT2D eigenvalue weighted by Gasteiger charge is 2.34. The number of carbonyl (C=O) groups is 1. The number of hydrogen-bond acceptors (Lipinski definition) is 4. The Morgan fingerprint density at radius 1 is 0.966 bits per heavy atom. The number of carbonyl (C=O) groups excluding carboxylic acids is 1. The zero-order valence-corrected chi connectivity index (χ0v) is 14.8. The van der Waals surface area contributed by atoms with Crippen LogP contribution in [-0.2, 0) is 6.18 Å². The zero-order chi connectivity index (χ0) is 20.4. The maximum Gasteiger partial charge on any atom is 0.434 e. The van der Waals surface area contributed by atoms with Gasteiger partial charge in [0, 0.05) is 30.0 Å². The van der Waals surface area contributed by atoms with Crippen molar-refractivity contribution < 1.29 is 18.0 Å². The molecular weight excluding hydrogens is 383 g/mol.